The highest BCUT2D eigenvalue weighted by Gasteiger charge is 2.26. The zero-order valence-corrected chi connectivity index (χ0v) is 21.4. The Morgan fingerprint density at radius 3 is 2.57 bits per heavy atom. The summed E-state index contributed by atoms with van der Waals surface area (Å²) in [4.78, 5) is 39.7. The smallest absolute Gasteiger partial charge is 0.440 e. The molecule has 1 unspecified atom stereocenters. The van der Waals surface area contributed by atoms with E-state index in [4.69, 9.17) is 9.26 Å². The zero-order valence-electron chi connectivity index (χ0n) is 20.6. The lowest BCUT2D eigenvalue weighted by molar-refractivity contribution is 0.0768. The van der Waals surface area contributed by atoms with Crippen molar-refractivity contribution in [1.29, 1.82) is 0 Å². The molecular formula is C28H27N3O5S. The Morgan fingerprint density at radius 1 is 1.08 bits per heavy atom. The molecule has 0 radical (unpaired) electrons. The maximum Gasteiger partial charge on any atom is 0.440 e. The van der Waals surface area contributed by atoms with Crippen LogP contribution in [0.15, 0.2) is 80.8 Å². The average Bonchev–Trinajstić information content (AvgIpc) is 3.46. The van der Waals surface area contributed by atoms with Crippen molar-refractivity contribution in [1.82, 2.24) is 14.6 Å². The third kappa shape index (κ3) is 5.56. The fourth-order valence-electron chi connectivity index (χ4n) is 4.42. The minimum atomic E-state index is -0.775. The molecule has 0 saturated carbocycles. The van der Waals surface area contributed by atoms with Crippen LogP contribution < -0.4 is 16.2 Å². The molecule has 9 heteroatoms. The van der Waals surface area contributed by atoms with E-state index in [-0.39, 0.29) is 17.8 Å². The highest BCUT2D eigenvalue weighted by Crippen LogP contribution is 2.29. The van der Waals surface area contributed by atoms with Crippen molar-refractivity contribution < 1.29 is 14.1 Å². The van der Waals surface area contributed by atoms with Crippen LogP contribution in [0.5, 0.6) is 5.75 Å². The van der Waals surface area contributed by atoms with Gasteiger partial charge in [-0.15, -0.1) is 16.5 Å². The third-order valence-corrected chi connectivity index (χ3v) is 7.54. The third-order valence-electron chi connectivity index (χ3n) is 6.39. The van der Waals surface area contributed by atoms with Gasteiger partial charge >= 0.3 is 11.4 Å². The monoisotopic (exact) mass is 517 g/mol. The van der Waals surface area contributed by atoms with Crippen LogP contribution in [-0.2, 0) is 13.2 Å². The molecule has 1 saturated heterocycles. The van der Waals surface area contributed by atoms with Gasteiger partial charge in [0, 0.05) is 17.9 Å². The van der Waals surface area contributed by atoms with Crippen molar-refractivity contribution in [2.24, 2.45) is 0 Å². The maximum absolute atomic E-state index is 12.9. The summed E-state index contributed by atoms with van der Waals surface area (Å²) in [5.74, 6) is 0.982. The van der Waals surface area contributed by atoms with E-state index in [9.17, 15) is 14.4 Å². The lowest BCUT2D eigenvalue weighted by Gasteiger charge is -2.21. The van der Waals surface area contributed by atoms with Gasteiger partial charge in [0.25, 0.3) is 5.91 Å². The second-order valence-electron chi connectivity index (χ2n) is 8.98. The highest BCUT2D eigenvalue weighted by atomic mass is 32.2. The molecule has 1 aromatic heterocycles. The number of amides is 1. The van der Waals surface area contributed by atoms with E-state index in [1.54, 1.807) is 11.8 Å². The molecule has 1 fully saturated rings. The lowest BCUT2D eigenvalue weighted by atomic mass is 9.97. The van der Waals surface area contributed by atoms with Gasteiger partial charge in [-0.3, -0.25) is 4.79 Å². The minimum Gasteiger partial charge on any atom is -0.489 e. The Morgan fingerprint density at radius 2 is 1.89 bits per heavy atom. The van der Waals surface area contributed by atoms with E-state index >= 15 is 0 Å². The molecule has 8 nitrogen and oxygen atoms in total. The van der Waals surface area contributed by atoms with Crippen molar-refractivity contribution in [2.75, 3.05) is 12.3 Å². The molecule has 4 aromatic rings. The number of hydrogen-bond acceptors (Lipinski definition) is 6. The van der Waals surface area contributed by atoms with Gasteiger partial charge in [0.05, 0.1) is 11.9 Å². The number of hydrogen-bond donors (Lipinski definition) is 1. The number of thioether (sulfide) groups is 1. The SMILES string of the molecule is Cc1cc(C(=O)N2CCSC2C)ccc1-c1cccc(COc2ccc(Cn3oc(=O)[nH]c3=O)cc2)c1. The van der Waals surface area contributed by atoms with Gasteiger partial charge in [-0.25, -0.2) is 14.6 Å². The van der Waals surface area contributed by atoms with Gasteiger partial charge in [-0.05, 0) is 72.0 Å². The van der Waals surface area contributed by atoms with Crippen LogP contribution in [0.3, 0.4) is 0 Å². The van der Waals surface area contributed by atoms with Crippen LogP contribution in [-0.4, -0.2) is 38.2 Å². The fourth-order valence-corrected chi connectivity index (χ4v) is 5.44. The van der Waals surface area contributed by atoms with E-state index in [0.717, 1.165) is 50.4 Å². The second-order valence-corrected chi connectivity index (χ2v) is 10.4. The molecule has 5 rings (SSSR count). The Labute approximate surface area is 217 Å². The standard InChI is InChI=1S/C28H27N3O5S/c1-18-14-23(26(32)30-12-13-37-19(30)2)8-11-25(18)22-5-3-4-21(15-22)17-35-24-9-6-20(7-10-24)16-31-27(33)29-28(34)36-31/h3-11,14-15,19H,12-13,16-17H2,1-2H3,(H,29,33,34). The zero-order chi connectivity index (χ0) is 25.9. The molecule has 0 aliphatic carbocycles. The molecule has 1 atom stereocenters. The van der Waals surface area contributed by atoms with Crippen LogP contribution in [0.1, 0.15) is 34.0 Å². The molecule has 1 aliphatic heterocycles. The largest absolute Gasteiger partial charge is 0.489 e. The first kappa shape index (κ1) is 24.7. The summed E-state index contributed by atoms with van der Waals surface area (Å²) in [5.41, 5.74) is 5.16. The van der Waals surface area contributed by atoms with Crippen LogP contribution in [0.25, 0.3) is 11.1 Å². The molecule has 3 aromatic carbocycles. The first-order chi connectivity index (χ1) is 17.9. The number of rotatable bonds is 7. The number of carbonyl (C=O) groups excluding carboxylic acids is 1. The molecule has 1 aliphatic rings. The van der Waals surface area contributed by atoms with Crippen molar-refractivity contribution in [2.45, 2.75) is 32.4 Å². The fraction of sp³-hybridized carbons (Fsp3) is 0.250. The number of aromatic nitrogens is 2. The van der Waals surface area contributed by atoms with Crippen LogP contribution in [0.2, 0.25) is 0 Å². The summed E-state index contributed by atoms with van der Waals surface area (Å²) >= 11 is 1.80. The molecule has 37 heavy (non-hydrogen) atoms. The highest BCUT2D eigenvalue weighted by molar-refractivity contribution is 8.00. The maximum atomic E-state index is 12.9. The van der Waals surface area contributed by atoms with E-state index in [0.29, 0.717) is 12.4 Å². The van der Waals surface area contributed by atoms with E-state index in [2.05, 4.69) is 24.0 Å². The number of aryl methyl sites for hydroxylation is 1. The van der Waals surface area contributed by atoms with E-state index in [1.807, 2.05) is 66.4 Å². The molecule has 190 valence electrons. The van der Waals surface area contributed by atoms with Crippen molar-refractivity contribution in [3.63, 3.8) is 0 Å². The number of ether oxygens (including phenoxy) is 1. The van der Waals surface area contributed by atoms with Crippen LogP contribution >= 0.6 is 11.8 Å². The number of nitrogens with zero attached hydrogens (tertiary/aromatic N) is 2. The van der Waals surface area contributed by atoms with E-state index in [1.165, 1.54) is 0 Å². The van der Waals surface area contributed by atoms with Crippen LogP contribution in [0, 0.1) is 6.92 Å². The van der Waals surface area contributed by atoms with E-state index < -0.39 is 11.4 Å². The number of carbonyl (C=O) groups is 1. The first-order valence-corrected chi connectivity index (χ1v) is 13.1. The van der Waals surface area contributed by atoms with Crippen molar-refractivity contribution in [3.8, 4) is 16.9 Å². The first-order valence-electron chi connectivity index (χ1n) is 12.0. The van der Waals surface area contributed by atoms with Gasteiger partial charge in [0.15, 0.2) is 0 Å². The molecule has 1 N–H and O–H groups in total. The predicted molar refractivity (Wildman–Crippen MR) is 143 cm³/mol. The summed E-state index contributed by atoms with van der Waals surface area (Å²) in [6.07, 6.45) is 0. The lowest BCUT2D eigenvalue weighted by Crippen LogP contribution is -2.33. The van der Waals surface area contributed by atoms with Crippen LogP contribution in [0.4, 0.5) is 0 Å². The number of benzene rings is 3. The summed E-state index contributed by atoms with van der Waals surface area (Å²) in [7, 11) is 0. The van der Waals surface area contributed by atoms with Gasteiger partial charge < -0.3 is 14.2 Å². The second kappa shape index (κ2) is 10.6. The molecule has 2 heterocycles. The van der Waals surface area contributed by atoms with Crippen molar-refractivity contribution >= 4 is 17.7 Å². The number of H-pyrrole nitrogens is 1. The summed E-state index contributed by atoms with van der Waals surface area (Å²) < 4.78 is 11.7. The Balaban J connectivity index is 1.24. The molecule has 0 bridgehead atoms. The minimum absolute atomic E-state index is 0.0880. The summed E-state index contributed by atoms with van der Waals surface area (Å²) in [5, 5.41) is 0.214. The predicted octanol–water partition coefficient (Wildman–Crippen LogP) is 4.27. The van der Waals surface area contributed by atoms with Gasteiger partial charge in [0.1, 0.15) is 12.4 Å². The molecular weight excluding hydrogens is 490 g/mol. The average molecular weight is 518 g/mol. The van der Waals surface area contributed by atoms with Gasteiger partial charge in [0.2, 0.25) is 0 Å². The number of nitrogens with one attached hydrogen (secondary N) is 1. The Kier molecular flexibility index (Phi) is 7.05. The quantitative estimate of drug-likeness (QED) is 0.393. The molecule has 0 spiro atoms. The normalized spacial score (nSPS) is 15.2. The summed E-state index contributed by atoms with van der Waals surface area (Å²) in [6.45, 7) is 5.44. The van der Waals surface area contributed by atoms with Gasteiger partial charge in [-0.2, -0.15) is 0 Å². The number of aromatic amines is 1. The Bertz CT molecular complexity index is 1540. The topological polar surface area (TPSA) is 97.5 Å². The summed E-state index contributed by atoms with van der Waals surface area (Å²) in [6, 6.07) is 21.3. The Hall–Kier alpha value is -3.98. The van der Waals surface area contributed by atoms with Gasteiger partial charge in [-0.1, -0.05) is 36.4 Å². The molecule has 1 amide bonds. The van der Waals surface area contributed by atoms with Crippen molar-refractivity contribution in [3.05, 3.63) is 110 Å².